The van der Waals surface area contributed by atoms with E-state index in [0.717, 1.165) is 44.5 Å². The van der Waals surface area contributed by atoms with Gasteiger partial charge in [0.25, 0.3) is 5.91 Å². The van der Waals surface area contributed by atoms with Crippen molar-refractivity contribution in [2.24, 2.45) is 5.92 Å². The molecular formula is C23H25N3O2. The molecule has 0 unspecified atom stereocenters. The third-order valence-electron chi connectivity index (χ3n) is 5.50. The largest absolute Gasteiger partial charge is 0.504 e. The Hall–Kier alpha value is -3.08. The van der Waals surface area contributed by atoms with E-state index < -0.39 is 0 Å². The summed E-state index contributed by atoms with van der Waals surface area (Å²) in [4.78, 5) is 14.7. The second-order valence-corrected chi connectivity index (χ2v) is 7.40. The minimum atomic E-state index is -0.186. The van der Waals surface area contributed by atoms with Crippen molar-refractivity contribution in [1.29, 1.82) is 0 Å². The number of rotatable bonds is 5. The van der Waals surface area contributed by atoms with Crippen LogP contribution >= 0.6 is 0 Å². The van der Waals surface area contributed by atoms with Gasteiger partial charge in [-0.3, -0.25) is 4.79 Å². The number of aromatic nitrogens is 2. The Morgan fingerprint density at radius 2 is 1.64 bits per heavy atom. The highest BCUT2D eigenvalue weighted by atomic mass is 16.3. The number of nitrogens with zero attached hydrogens (tertiary/aromatic N) is 3. The summed E-state index contributed by atoms with van der Waals surface area (Å²) in [7, 11) is 0. The van der Waals surface area contributed by atoms with Crippen molar-refractivity contribution in [1.82, 2.24) is 14.7 Å². The van der Waals surface area contributed by atoms with Crippen LogP contribution in [0.25, 0.3) is 5.69 Å². The number of aryl methyl sites for hydroxylation is 1. The van der Waals surface area contributed by atoms with Crippen molar-refractivity contribution in [2.45, 2.75) is 25.7 Å². The molecule has 2 heterocycles. The molecule has 0 bridgehead atoms. The minimum Gasteiger partial charge on any atom is -0.504 e. The van der Waals surface area contributed by atoms with Gasteiger partial charge in [0.15, 0.2) is 11.4 Å². The van der Waals surface area contributed by atoms with Gasteiger partial charge in [-0.25, -0.2) is 4.68 Å². The van der Waals surface area contributed by atoms with Crippen LogP contribution in [0.3, 0.4) is 0 Å². The predicted molar refractivity (Wildman–Crippen MR) is 109 cm³/mol. The van der Waals surface area contributed by atoms with Crippen LogP contribution in [0.5, 0.6) is 5.75 Å². The third kappa shape index (κ3) is 4.09. The minimum absolute atomic E-state index is 0.0694. The Labute approximate surface area is 165 Å². The monoisotopic (exact) mass is 375 g/mol. The van der Waals surface area contributed by atoms with Gasteiger partial charge >= 0.3 is 0 Å². The van der Waals surface area contributed by atoms with E-state index in [0.29, 0.717) is 5.92 Å². The summed E-state index contributed by atoms with van der Waals surface area (Å²) >= 11 is 0. The molecule has 5 nitrogen and oxygen atoms in total. The molecule has 144 valence electrons. The number of benzene rings is 2. The Kier molecular flexibility index (Phi) is 5.42. The van der Waals surface area contributed by atoms with Crippen molar-refractivity contribution in [3.05, 3.63) is 78.1 Å². The van der Waals surface area contributed by atoms with Crippen LogP contribution < -0.4 is 0 Å². The summed E-state index contributed by atoms with van der Waals surface area (Å²) in [6.45, 7) is 1.44. The molecule has 28 heavy (non-hydrogen) atoms. The second kappa shape index (κ2) is 8.30. The van der Waals surface area contributed by atoms with Gasteiger partial charge in [-0.15, -0.1) is 0 Å². The Morgan fingerprint density at radius 1 is 1.00 bits per heavy atom. The highest BCUT2D eigenvalue weighted by molar-refractivity contribution is 5.94. The molecule has 0 spiro atoms. The molecule has 1 saturated heterocycles. The molecule has 0 radical (unpaired) electrons. The summed E-state index contributed by atoms with van der Waals surface area (Å²) in [6, 6.07) is 20.0. The molecule has 1 aliphatic heterocycles. The zero-order valence-electron chi connectivity index (χ0n) is 15.9. The van der Waals surface area contributed by atoms with E-state index in [1.807, 2.05) is 41.3 Å². The zero-order valence-corrected chi connectivity index (χ0v) is 15.9. The van der Waals surface area contributed by atoms with E-state index in [9.17, 15) is 9.90 Å². The van der Waals surface area contributed by atoms with Crippen LogP contribution in [-0.2, 0) is 6.42 Å². The number of carbonyl (C=O) groups excluding carboxylic acids is 1. The van der Waals surface area contributed by atoms with Crippen LogP contribution in [0.4, 0.5) is 0 Å². The van der Waals surface area contributed by atoms with Crippen LogP contribution in [0.2, 0.25) is 0 Å². The van der Waals surface area contributed by atoms with E-state index in [1.165, 1.54) is 11.8 Å². The number of hydrogen-bond donors (Lipinski definition) is 1. The Bertz CT molecular complexity index is 914. The van der Waals surface area contributed by atoms with Crippen LogP contribution in [0.15, 0.2) is 66.9 Å². The van der Waals surface area contributed by atoms with Crippen LogP contribution in [-0.4, -0.2) is 38.8 Å². The van der Waals surface area contributed by atoms with Crippen LogP contribution in [0, 0.1) is 5.92 Å². The molecule has 5 heteroatoms. The summed E-state index contributed by atoms with van der Waals surface area (Å²) in [5.41, 5.74) is 2.32. The number of amides is 1. The number of piperidine rings is 1. The second-order valence-electron chi connectivity index (χ2n) is 7.40. The molecule has 2 aromatic carbocycles. The van der Waals surface area contributed by atoms with E-state index in [2.05, 4.69) is 29.4 Å². The average Bonchev–Trinajstić information content (AvgIpc) is 3.15. The quantitative estimate of drug-likeness (QED) is 0.731. The smallest absolute Gasteiger partial charge is 0.278 e. The molecule has 0 aliphatic carbocycles. The maximum atomic E-state index is 12.8. The molecule has 1 fully saturated rings. The topological polar surface area (TPSA) is 58.4 Å². The highest BCUT2D eigenvalue weighted by Gasteiger charge is 2.27. The van der Waals surface area contributed by atoms with E-state index >= 15 is 0 Å². The Balaban J connectivity index is 1.35. The molecular weight excluding hydrogens is 350 g/mol. The lowest BCUT2D eigenvalue weighted by Crippen LogP contribution is -2.38. The summed E-state index contributed by atoms with van der Waals surface area (Å²) in [5, 5.41) is 14.6. The maximum Gasteiger partial charge on any atom is 0.278 e. The van der Waals surface area contributed by atoms with E-state index in [1.54, 1.807) is 4.68 Å². The van der Waals surface area contributed by atoms with Crippen molar-refractivity contribution in [2.75, 3.05) is 13.1 Å². The maximum absolute atomic E-state index is 12.8. The highest BCUT2D eigenvalue weighted by Crippen LogP contribution is 2.26. The fourth-order valence-electron chi connectivity index (χ4n) is 3.82. The molecule has 1 aliphatic rings. The molecule has 0 saturated carbocycles. The summed E-state index contributed by atoms with van der Waals surface area (Å²) in [6.07, 6.45) is 5.73. The zero-order chi connectivity index (χ0) is 19.3. The van der Waals surface area contributed by atoms with Gasteiger partial charge in [-0.2, -0.15) is 5.10 Å². The van der Waals surface area contributed by atoms with E-state index in [4.69, 9.17) is 0 Å². The van der Waals surface area contributed by atoms with Crippen molar-refractivity contribution < 1.29 is 9.90 Å². The van der Waals surface area contributed by atoms with Gasteiger partial charge in [0.05, 0.1) is 11.9 Å². The molecule has 1 aromatic heterocycles. The summed E-state index contributed by atoms with van der Waals surface area (Å²) in [5.74, 6) is 0.383. The number of aromatic hydroxyl groups is 1. The van der Waals surface area contributed by atoms with Gasteiger partial charge in [0.1, 0.15) is 0 Å². The lowest BCUT2D eigenvalue weighted by atomic mass is 9.90. The first kappa shape index (κ1) is 18.3. The van der Waals surface area contributed by atoms with Gasteiger partial charge in [-0.05, 0) is 49.3 Å². The van der Waals surface area contributed by atoms with Gasteiger partial charge in [-0.1, -0.05) is 48.5 Å². The lowest BCUT2D eigenvalue weighted by Gasteiger charge is -2.31. The molecule has 1 amide bonds. The SMILES string of the molecule is O=C(c1nn(-c2ccccc2)cc1O)N1CCC(CCc2ccccc2)CC1. The summed E-state index contributed by atoms with van der Waals surface area (Å²) < 4.78 is 1.55. The molecule has 1 N–H and O–H groups in total. The first-order chi connectivity index (χ1) is 13.7. The number of para-hydroxylation sites is 1. The normalized spacial score (nSPS) is 14.9. The lowest BCUT2D eigenvalue weighted by molar-refractivity contribution is 0.0677. The van der Waals surface area contributed by atoms with Gasteiger partial charge in [0, 0.05) is 13.1 Å². The first-order valence-corrected chi connectivity index (χ1v) is 9.88. The van der Waals surface area contributed by atoms with Crippen molar-refractivity contribution >= 4 is 5.91 Å². The Morgan fingerprint density at radius 3 is 2.32 bits per heavy atom. The number of likely N-dealkylation sites (tertiary alicyclic amines) is 1. The molecule has 3 aromatic rings. The van der Waals surface area contributed by atoms with Crippen LogP contribution in [0.1, 0.15) is 35.3 Å². The third-order valence-corrected chi connectivity index (χ3v) is 5.50. The van der Waals surface area contributed by atoms with Crippen molar-refractivity contribution in [3.8, 4) is 11.4 Å². The first-order valence-electron chi connectivity index (χ1n) is 9.88. The molecule has 0 atom stereocenters. The average molecular weight is 375 g/mol. The number of hydrogen-bond acceptors (Lipinski definition) is 3. The molecule has 4 rings (SSSR count). The fraction of sp³-hybridized carbons (Fsp3) is 0.304. The van der Waals surface area contributed by atoms with Crippen molar-refractivity contribution in [3.63, 3.8) is 0 Å². The predicted octanol–water partition coefficient (Wildman–Crippen LogP) is 4.06. The van der Waals surface area contributed by atoms with E-state index in [-0.39, 0.29) is 17.4 Å². The standard InChI is InChI=1S/C23H25N3O2/c27-21-17-26(20-9-5-2-6-10-20)24-22(21)23(28)25-15-13-19(14-16-25)12-11-18-7-3-1-4-8-18/h1-10,17,19,27H,11-16H2. The van der Waals surface area contributed by atoms with Gasteiger partial charge < -0.3 is 10.0 Å². The van der Waals surface area contributed by atoms with Gasteiger partial charge in [0.2, 0.25) is 0 Å². The number of carbonyl (C=O) groups is 1. The fourth-order valence-corrected chi connectivity index (χ4v) is 3.82.